The predicted octanol–water partition coefficient (Wildman–Crippen LogP) is 6.00. The average molecular weight is 591 g/mol. The van der Waals surface area contributed by atoms with Crippen molar-refractivity contribution < 1.29 is 33.7 Å². The fraction of sp³-hybridized carbons (Fsp3) is 0.375. The van der Waals surface area contributed by atoms with Crippen LogP contribution in [0.1, 0.15) is 72.2 Å². The topological polar surface area (TPSA) is 115 Å². The highest BCUT2D eigenvalue weighted by molar-refractivity contribution is 7.17. The zero-order valence-corrected chi connectivity index (χ0v) is 25.1. The van der Waals surface area contributed by atoms with Crippen molar-refractivity contribution >= 4 is 39.9 Å². The number of aryl methyl sites for hydroxylation is 1. The lowest BCUT2D eigenvalue weighted by molar-refractivity contribution is -0.132. The molecule has 0 spiro atoms. The van der Waals surface area contributed by atoms with Gasteiger partial charge in [0.05, 0.1) is 30.5 Å². The number of ketones is 1. The Kier molecular flexibility index (Phi) is 8.36. The number of hydrogen-bond acceptors (Lipinski definition) is 9. The number of aliphatic hydroxyl groups is 1. The molecule has 220 valence electrons. The molecule has 5 rings (SSSR count). The number of carbonyl (C=O) groups is 3. The van der Waals surface area contributed by atoms with Gasteiger partial charge in [-0.2, -0.15) is 0 Å². The summed E-state index contributed by atoms with van der Waals surface area (Å²) in [5.41, 5.74) is 2.18. The molecule has 3 heterocycles. The van der Waals surface area contributed by atoms with Gasteiger partial charge >= 0.3 is 11.9 Å². The Balaban J connectivity index is 1.63. The maximum atomic E-state index is 13.7. The smallest absolute Gasteiger partial charge is 0.350 e. The van der Waals surface area contributed by atoms with Gasteiger partial charge in [0.15, 0.2) is 5.13 Å². The number of amides is 1. The minimum absolute atomic E-state index is 0.00292. The molecule has 0 unspecified atom stereocenters. The Hall–Kier alpha value is -4.18. The maximum absolute atomic E-state index is 13.7. The number of esters is 1. The summed E-state index contributed by atoms with van der Waals surface area (Å²) in [5.74, 6) is -0.788. The summed E-state index contributed by atoms with van der Waals surface area (Å²) in [6.07, 6.45) is 1.53. The molecule has 42 heavy (non-hydrogen) atoms. The number of thiazole rings is 1. The van der Waals surface area contributed by atoms with Crippen LogP contribution in [0.25, 0.3) is 5.76 Å². The molecule has 1 amide bonds. The van der Waals surface area contributed by atoms with Crippen LogP contribution in [-0.2, 0) is 20.7 Å². The summed E-state index contributed by atoms with van der Waals surface area (Å²) >= 11 is 0.972. The van der Waals surface area contributed by atoms with E-state index in [4.69, 9.17) is 14.2 Å². The van der Waals surface area contributed by atoms with Crippen LogP contribution in [0.5, 0.6) is 11.5 Å². The fourth-order valence-electron chi connectivity index (χ4n) is 5.13. The highest BCUT2D eigenvalue weighted by Gasteiger charge is 2.48. The van der Waals surface area contributed by atoms with E-state index in [9.17, 15) is 19.5 Å². The van der Waals surface area contributed by atoms with Crippen LogP contribution < -0.4 is 14.4 Å². The third-order valence-electron chi connectivity index (χ3n) is 7.20. The van der Waals surface area contributed by atoms with Gasteiger partial charge in [0.25, 0.3) is 5.78 Å². The van der Waals surface area contributed by atoms with Crippen molar-refractivity contribution in [3.05, 3.63) is 75.3 Å². The van der Waals surface area contributed by atoms with Gasteiger partial charge in [-0.1, -0.05) is 37.3 Å². The van der Waals surface area contributed by atoms with Crippen LogP contribution in [0.2, 0.25) is 0 Å². The van der Waals surface area contributed by atoms with Gasteiger partial charge in [0, 0.05) is 12.0 Å². The minimum Gasteiger partial charge on any atom is -0.507 e. The monoisotopic (exact) mass is 590 g/mol. The van der Waals surface area contributed by atoms with E-state index in [0.29, 0.717) is 41.5 Å². The van der Waals surface area contributed by atoms with Gasteiger partial charge in [-0.25, -0.2) is 9.78 Å². The first-order chi connectivity index (χ1) is 20.1. The summed E-state index contributed by atoms with van der Waals surface area (Å²) in [7, 11) is 0. The second kappa shape index (κ2) is 12.0. The number of nitrogens with zero attached hydrogens (tertiary/aromatic N) is 2. The molecule has 2 aliphatic rings. The normalized spacial score (nSPS) is 19.2. The Morgan fingerprint density at radius 2 is 2.00 bits per heavy atom. The van der Waals surface area contributed by atoms with Crippen molar-refractivity contribution in [1.82, 2.24) is 4.98 Å². The molecule has 0 aliphatic carbocycles. The summed E-state index contributed by atoms with van der Waals surface area (Å²) < 4.78 is 16.9. The number of carbonyl (C=O) groups excluding carboxylic acids is 3. The van der Waals surface area contributed by atoms with Gasteiger partial charge in [-0.3, -0.25) is 14.5 Å². The van der Waals surface area contributed by atoms with Crippen LogP contribution in [0.4, 0.5) is 5.13 Å². The highest BCUT2D eigenvalue weighted by atomic mass is 32.1. The third-order valence-corrected chi connectivity index (χ3v) is 8.34. The molecule has 0 saturated carbocycles. The second-order valence-corrected chi connectivity index (χ2v) is 11.8. The lowest BCUT2D eigenvalue weighted by atomic mass is 9.94. The first-order valence-electron chi connectivity index (χ1n) is 14.1. The van der Waals surface area contributed by atoms with Gasteiger partial charge in [0.2, 0.25) is 0 Å². The summed E-state index contributed by atoms with van der Waals surface area (Å²) in [5, 5.41) is 11.8. The average Bonchev–Trinajstić information content (AvgIpc) is 3.60. The van der Waals surface area contributed by atoms with Crippen LogP contribution in [0.15, 0.2) is 48.0 Å². The van der Waals surface area contributed by atoms with Crippen LogP contribution >= 0.6 is 11.3 Å². The molecule has 2 aromatic carbocycles. The summed E-state index contributed by atoms with van der Waals surface area (Å²) in [6.45, 7) is 10.2. The van der Waals surface area contributed by atoms with Crippen LogP contribution in [-0.4, -0.2) is 47.1 Å². The van der Waals surface area contributed by atoms with Gasteiger partial charge in [-0.05, 0) is 74.6 Å². The zero-order chi connectivity index (χ0) is 30.1. The van der Waals surface area contributed by atoms with E-state index in [1.807, 2.05) is 13.0 Å². The number of hydrogen-bond donors (Lipinski definition) is 1. The van der Waals surface area contributed by atoms with Crippen molar-refractivity contribution in [3.8, 4) is 11.5 Å². The van der Waals surface area contributed by atoms with E-state index in [0.717, 1.165) is 29.1 Å². The van der Waals surface area contributed by atoms with Crippen molar-refractivity contribution in [2.75, 3.05) is 18.1 Å². The lowest BCUT2D eigenvalue weighted by Gasteiger charge is -2.23. The number of ether oxygens (including phenoxy) is 3. The first kappa shape index (κ1) is 29.3. The molecule has 0 radical (unpaired) electrons. The Bertz CT molecular complexity index is 1570. The molecular formula is C32H34N2O7S. The number of fused-ring (bicyclic) bond motifs is 1. The summed E-state index contributed by atoms with van der Waals surface area (Å²) in [4.78, 5) is 45.8. The number of anilines is 1. The SMILES string of the molecule is CCOC(=O)c1sc(N2C(=O)C(=O)/C(=C(/O)c3ccc4c(c3)C[C@@H](C)O4)[C@@H]2c2cccc(OCCC(C)C)c2)nc1C. The minimum atomic E-state index is -1.01. The van der Waals surface area contributed by atoms with E-state index in [1.54, 1.807) is 50.2 Å². The van der Waals surface area contributed by atoms with Crippen molar-refractivity contribution in [2.24, 2.45) is 5.92 Å². The lowest BCUT2D eigenvalue weighted by Crippen LogP contribution is -2.29. The quantitative estimate of drug-likeness (QED) is 0.140. The molecule has 1 N–H and O–H groups in total. The number of rotatable bonds is 9. The zero-order valence-electron chi connectivity index (χ0n) is 24.3. The molecule has 1 saturated heterocycles. The van der Waals surface area contributed by atoms with E-state index in [2.05, 4.69) is 18.8 Å². The van der Waals surface area contributed by atoms with Crippen LogP contribution in [0.3, 0.4) is 0 Å². The largest absolute Gasteiger partial charge is 0.507 e. The molecule has 0 bridgehead atoms. The Labute approximate surface area is 248 Å². The number of aliphatic hydroxyl groups excluding tert-OH is 1. The molecule has 9 nitrogen and oxygen atoms in total. The predicted molar refractivity (Wildman–Crippen MR) is 159 cm³/mol. The van der Waals surface area contributed by atoms with Crippen LogP contribution in [0, 0.1) is 12.8 Å². The highest BCUT2D eigenvalue weighted by Crippen LogP contribution is 2.45. The van der Waals surface area contributed by atoms with Crippen molar-refractivity contribution in [3.63, 3.8) is 0 Å². The Morgan fingerprint density at radius 3 is 2.74 bits per heavy atom. The molecular weight excluding hydrogens is 556 g/mol. The van der Waals surface area contributed by atoms with Crippen molar-refractivity contribution in [1.29, 1.82) is 0 Å². The first-order valence-corrected chi connectivity index (χ1v) is 14.9. The summed E-state index contributed by atoms with van der Waals surface area (Å²) in [6, 6.07) is 11.3. The van der Waals surface area contributed by atoms with Gasteiger partial charge < -0.3 is 19.3 Å². The molecule has 1 fully saturated rings. The van der Waals surface area contributed by atoms with E-state index in [1.165, 1.54) is 4.90 Å². The molecule has 2 atom stereocenters. The molecule has 1 aromatic heterocycles. The fourth-order valence-corrected chi connectivity index (χ4v) is 6.12. The number of aromatic nitrogens is 1. The van der Waals surface area contributed by atoms with Gasteiger partial charge in [0.1, 0.15) is 28.2 Å². The van der Waals surface area contributed by atoms with E-state index < -0.39 is 23.7 Å². The Morgan fingerprint density at radius 1 is 1.21 bits per heavy atom. The molecule has 10 heteroatoms. The van der Waals surface area contributed by atoms with E-state index >= 15 is 0 Å². The standard InChI is InChI=1S/C32H34N2O7S/c1-6-39-31(38)29-19(5)33-32(42-29)34-26(20-8-7-9-23(16-20)40-13-12-17(2)3)25(28(36)30(34)37)27(35)21-10-11-24-22(15-21)14-18(4)41-24/h7-11,15-18,26,35H,6,12-14H2,1-5H3/b27-25+/t18-,26+/m1/s1. The van der Waals surface area contributed by atoms with E-state index in [-0.39, 0.29) is 34.1 Å². The number of Topliss-reactive ketones (excluding diaryl/α,β-unsaturated/α-hetero) is 1. The molecule has 2 aliphatic heterocycles. The van der Waals surface area contributed by atoms with Gasteiger partial charge in [-0.15, -0.1) is 0 Å². The molecule has 3 aromatic rings. The third kappa shape index (κ3) is 5.63. The maximum Gasteiger partial charge on any atom is 0.350 e. The second-order valence-electron chi connectivity index (χ2n) is 10.9. The number of benzene rings is 2. The van der Waals surface area contributed by atoms with Crippen molar-refractivity contribution in [2.45, 2.75) is 59.6 Å².